The average molecular weight is 451 g/mol. The van der Waals surface area contributed by atoms with Gasteiger partial charge in [0.2, 0.25) is 11.8 Å². The van der Waals surface area contributed by atoms with Crippen LogP contribution in [-0.4, -0.2) is 41.4 Å². The van der Waals surface area contributed by atoms with Crippen LogP contribution in [0.4, 0.5) is 4.79 Å². The van der Waals surface area contributed by atoms with Crippen LogP contribution in [0.2, 0.25) is 0 Å². The fourth-order valence-electron chi connectivity index (χ4n) is 4.85. The Balaban J connectivity index is 1.21. The molecule has 0 bridgehead atoms. The summed E-state index contributed by atoms with van der Waals surface area (Å²) < 4.78 is 11.1. The van der Waals surface area contributed by atoms with E-state index in [2.05, 4.69) is 17.6 Å². The van der Waals surface area contributed by atoms with Crippen LogP contribution in [0.15, 0.2) is 41.3 Å². The maximum atomic E-state index is 12.9. The summed E-state index contributed by atoms with van der Waals surface area (Å²) >= 11 is 0. The van der Waals surface area contributed by atoms with E-state index >= 15 is 0 Å². The van der Waals surface area contributed by atoms with Gasteiger partial charge in [0.05, 0.1) is 12.3 Å². The molecule has 1 aromatic carbocycles. The van der Waals surface area contributed by atoms with Crippen molar-refractivity contribution >= 4 is 23.8 Å². The molecule has 0 saturated carbocycles. The van der Waals surface area contributed by atoms with Crippen molar-refractivity contribution in [1.29, 1.82) is 0 Å². The number of piperidine rings is 1. The summed E-state index contributed by atoms with van der Waals surface area (Å²) in [6.07, 6.45) is 3.74. The fourth-order valence-corrected chi connectivity index (χ4v) is 4.85. The minimum Gasteiger partial charge on any atom is -0.491 e. The number of carbonyl (C=O) groups excluding carboxylic acids is 4. The molecule has 0 aromatic heterocycles. The highest BCUT2D eigenvalue weighted by Gasteiger charge is 2.39. The number of alkyl carbamates (subject to hydrolysis) is 1. The molecule has 4 amide bonds. The zero-order chi connectivity index (χ0) is 23.1. The van der Waals surface area contributed by atoms with E-state index in [4.69, 9.17) is 9.47 Å². The molecule has 9 nitrogen and oxygen atoms in total. The second-order valence-electron chi connectivity index (χ2n) is 8.89. The maximum Gasteiger partial charge on any atom is 0.412 e. The van der Waals surface area contributed by atoms with Gasteiger partial charge in [-0.2, -0.15) is 0 Å². The van der Waals surface area contributed by atoms with Crippen LogP contribution in [0.3, 0.4) is 0 Å². The second-order valence-corrected chi connectivity index (χ2v) is 8.89. The Bertz CT molecular complexity index is 1120. The topological polar surface area (TPSA) is 114 Å². The Labute approximate surface area is 190 Å². The van der Waals surface area contributed by atoms with E-state index in [1.54, 1.807) is 12.1 Å². The maximum absolute atomic E-state index is 12.9. The number of hydrogen-bond acceptors (Lipinski definition) is 6. The van der Waals surface area contributed by atoms with Crippen molar-refractivity contribution in [2.45, 2.75) is 51.8 Å². The van der Waals surface area contributed by atoms with E-state index in [9.17, 15) is 19.2 Å². The number of fused-ring (bicyclic) bond motifs is 1. The van der Waals surface area contributed by atoms with Crippen molar-refractivity contribution in [3.8, 4) is 0 Å². The number of nitrogens with one attached hydrogen (secondary N) is 2. The first-order chi connectivity index (χ1) is 15.9. The van der Waals surface area contributed by atoms with Crippen LogP contribution >= 0.6 is 0 Å². The summed E-state index contributed by atoms with van der Waals surface area (Å²) in [6.45, 7) is 3.03. The van der Waals surface area contributed by atoms with Crippen LogP contribution in [0.5, 0.6) is 0 Å². The van der Waals surface area contributed by atoms with Gasteiger partial charge in [0.25, 0.3) is 5.91 Å². The summed E-state index contributed by atoms with van der Waals surface area (Å²) in [5, 5.41) is 5.08. The minimum absolute atomic E-state index is 0.000402. The predicted octanol–water partition coefficient (Wildman–Crippen LogP) is 2.27. The molecule has 1 saturated heterocycles. The molecule has 1 aliphatic carbocycles. The lowest BCUT2D eigenvalue weighted by Gasteiger charge is -2.29. The zero-order valence-corrected chi connectivity index (χ0v) is 18.3. The van der Waals surface area contributed by atoms with E-state index < -0.39 is 18.0 Å². The highest BCUT2D eigenvalue weighted by Crippen LogP contribution is 2.34. The molecule has 172 valence electrons. The lowest BCUT2D eigenvalue weighted by Crippen LogP contribution is -2.52. The lowest BCUT2D eigenvalue weighted by molar-refractivity contribution is -0.136. The third-order valence-electron chi connectivity index (χ3n) is 6.43. The van der Waals surface area contributed by atoms with Crippen molar-refractivity contribution in [2.24, 2.45) is 5.92 Å². The Morgan fingerprint density at radius 3 is 2.94 bits per heavy atom. The average Bonchev–Trinajstić information content (AvgIpc) is 3.37. The zero-order valence-electron chi connectivity index (χ0n) is 18.3. The molecular weight excluding hydrogens is 426 g/mol. The number of carbonyl (C=O) groups is 4. The summed E-state index contributed by atoms with van der Waals surface area (Å²) in [4.78, 5) is 50.4. The van der Waals surface area contributed by atoms with Gasteiger partial charge in [-0.1, -0.05) is 25.1 Å². The molecule has 9 heteroatoms. The van der Waals surface area contributed by atoms with Crippen molar-refractivity contribution in [1.82, 2.24) is 15.5 Å². The number of ether oxygens (including phenoxy) is 2. The lowest BCUT2D eigenvalue weighted by atomic mass is 9.92. The Morgan fingerprint density at radius 1 is 1.27 bits per heavy atom. The smallest absolute Gasteiger partial charge is 0.412 e. The van der Waals surface area contributed by atoms with E-state index in [1.807, 2.05) is 12.1 Å². The van der Waals surface area contributed by atoms with Gasteiger partial charge < -0.3 is 14.4 Å². The Morgan fingerprint density at radius 2 is 2.12 bits per heavy atom. The molecule has 1 fully saturated rings. The van der Waals surface area contributed by atoms with Crippen LogP contribution in [0, 0.1) is 5.92 Å². The van der Waals surface area contributed by atoms with E-state index in [0.717, 1.165) is 24.2 Å². The standard InChI is InChI=1S/C24H25N3O6/c1-13-8-15-6-7-32-21(15)18(9-13)25-24(31)33-12-14-2-3-16-11-27(23(30)17(16)10-14)19-4-5-20(28)26-22(19)29/h2-3,9-10,13,19H,4-8,11-12H2,1H3,(H,25,31)(H,26,28,29). The number of allylic oxidation sites excluding steroid dienone is 1. The van der Waals surface area contributed by atoms with Gasteiger partial charge in [-0.25, -0.2) is 4.79 Å². The molecule has 0 radical (unpaired) electrons. The molecule has 0 spiro atoms. The van der Waals surface area contributed by atoms with Crippen LogP contribution < -0.4 is 10.6 Å². The molecule has 2 atom stereocenters. The number of hydrogen-bond donors (Lipinski definition) is 2. The summed E-state index contributed by atoms with van der Waals surface area (Å²) in [7, 11) is 0. The third-order valence-corrected chi connectivity index (χ3v) is 6.43. The van der Waals surface area contributed by atoms with Crippen LogP contribution in [0.1, 0.15) is 54.1 Å². The molecule has 1 aromatic rings. The van der Waals surface area contributed by atoms with Gasteiger partial charge in [0.15, 0.2) is 0 Å². The van der Waals surface area contributed by atoms with Crippen molar-refractivity contribution in [3.63, 3.8) is 0 Å². The molecule has 33 heavy (non-hydrogen) atoms. The molecule has 2 unspecified atom stereocenters. The van der Waals surface area contributed by atoms with Crippen molar-refractivity contribution in [2.75, 3.05) is 6.61 Å². The van der Waals surface area contributed by atoms with Gasteiger partial charge in [0.1, 0.15) is 18.4 Å². The normalized spacial score (nSPS) is 24.1. The minimum atomic E-state index is -0.656. The monoisotopic (exact) mass is 451 g/mol. The SMILES string of the molecule is CC1C=C(NC(=O)OCc2ccc3c(c2)C(=O)N(C2CCC(=O)NC2=O)C3)C2=C(CCO2)C1. The Hall–Kier alpha value is -3.62. The van der Waals surface area contributed by atoms with Crippen LogP contribution in [0.25, 0.3) is 0 Å². The van der Waals surface area contributed by atoms with E-state index in [-0.39, 0.29) is 24.8 Å². The number of amides is 4. The van der Waals surface area contributed by atoms with Gasteiger partial charge in [0, 0.05) is 24.9 Å². The molecule has 4 aliphatic rings. The quantitative estimate of drug-likeness (QED) is 0.679. The van der Waals surface area contributed by atoms with Crippen molar-refractivity contribution in [3.05, 3.63) is 58.0 Å². The van der Waals surface area contributed by atoms with Gasteiger partial charge in [-0.05, 0) is 41.5 Å². The third kappa shape index (κ3) is 4.10. The highest BCUT2D eigenvalue weighted by atomic mass is 16.5. The Kier molecular flexibility index (Phi) is 5.39. The van der Waals surface area contributed by atoms with Crippen molar-refractivity contribution < 1.29 is 28.7 Å². The summed E-state index contributed by atoms with van der Waals surface area (Å²) in [6, 6.07) is 4.65. The van der Waals surface area contributed by atoms with Gasteiger partial charge in [-0.15, -0.1) is 0 Å². The van der Waals surface area contributed by atoms with Gasteiger partial charge >= 0.3 is 6.09 Å². The first-order valence-electron chi connectivity index (χ1n) is 11.2. The predicted molar refractivity (Wildman–Crippen MR) is 115 cm³/mol. The number of rotatable bonds is 4. The number of nitrogens with zero attached hydrogens (tertiary/aromatic N) is 1. The molecule has 2 N–H and O–H groups in total. The number of imide groups is 1. The summed E-state index contributed by atoms with van der Waals surface area (Å²) in [5.41, 5.74) is 3.83. The molecule has 5 rings (SSSR count). The van der Waals surface area contributed by atoms with Gasteiger partial charge in [-0.3, -0.25) is 25.0 Å². The summed E-state index contributed by atoms with van der Waals surface area (Å²) in [5.74, 6) is 0.0505. The molecule has 3 aliphatic heterocycles. The van der Waals surface area contributed by atoms with E-state index in [1.165, 1.54) is 10.5 Å². The highest BCUT2D eigenvalue weighted by molar-refractivity contribution is 6.05. The van der Waals surface area contributed by atoms with E-state index in [0.29, 0.717) is 42.3 Å². The molecular formula is C24H25N3O6. The first kappa shape index (κ1) is 21.2. The first-order valence-corrected chi connectivity index (χ1v) is 11.2. The van der Waals surface area contributed by atoms with Crippen LogP contribution in [-0.2, 0) is 32.2 Å². The second kappa shape index (κ2) is 8.38. The molecule has 3 heterocycles. The largest absolute Gasteiger partial charge is 0.491 e. The number of benzene rings is 1. The fraction of sp³-hybridized carbons (Fsp3) is 0.417.